The second kappa shape index (κ2) is 2.60. The summed E-state index contributed by atoms with van der Waals surface area (Å²) in [6, 6.07) is 12.6. The van der Waals surface area contributed by atoms with Crippen molar-refractivity contribution in [3.63, 3.8) is 0 Å². The van der Waals surface area contributed by atoms with Crippen LogP contribution in [-0.4, -0.2) is 5.55 Å². The second-order valence-corrected chi connectivity index (χ2v) is 3.87. The lowest BCUT2D eigenvalue weighted by Gasteiger charge is -1.95. The molecule has 1 aliphatic heterocycles. The van der Waals surface area contributed by atoms with Gasteiger partial charge in [-0.1, -0.05) is 24.3 Å². The van der Waals surface area contributed by atoms with Crippen molar-refractivity contribution in [3.8, 4) is 0 Å². The van der Waals surface area contributed by atoms with Gasteiger partial charge in [-0.25, -0.2) is 0 Å². The number of fused-ring (bicyclic) bond motifs is 3. The normalized spacial score (nSPS) is 13.5. The monoisotopic (exact) mass is 185 g/mol. The lowest BCUT2D eigenvalue weighted by Crippen LogP contribution is -1.78. The van der Waals surface area contributed by atoms with Crippen LogP contribution in [0.5, 0.6) is 0 Å². The van der Waals surface area contributed by atoms with Gasteiger partial charge in [-0.15, -0.1) is 0 Å². The first-order valence-corrected chi connectivity index (χ1v) is 5.04. The molecule has 0 saturated carbocycles. The maximum Gasteiger partial charge on any atom is 0.299 e. The molecule has 2 aromatic carbocycles. The third-order valence-electron chi connectivity index (χ3n) is 2.23. The Morgan fingerprint density at radius 1 is 1.00 bits per heavy atom. The minimum absolute atomic E-state index is 1.13. The summed E-state index contributed by atoms with van der Waals surface area (Å²) in [5.74, 6) is 0. The standard InChI is InChI=1S/C11H7NS/c1-2-4-9-8(3-1)5-6-10-11(9)12-7-13-10/h1-7H/q+1. The summed E-state index contributed by atoms with van der Waals surface area (Å²) in [6.07, 6.45) is 0. The second-order valence-electron chi connectivity index (χ2n) is 2.99. The Morgan fingerprint density at radius 3 is 2.92 bits per heavy atom. The van der Waals surface area contributed by atoms with Gasteiger partial charge in [-0.3, -0.25) is 0 Å². The molecule has 0 amide bonds. The molecule has 2 aromatic rings. The van der Waals surface area contributed by atoms with E-state index in [0.29, 0.717) is 0 Å². The predicted octanol–water partition coefficient (Wildman–Crippen LogP) is 2.94. The zero-order chi connectivity index (χ0) is 8.67. The van der Waals surface area contributed by atoms with Gasteiger partial charge >= 0.3 is 0 Å². The molecule has 0 fully saturated rings. The first-order valence-electron chi connectivity index (χ1n) is 4.16. The highest BCUT2D eigenvalue weighted by Gasteiger charge is 2.21. The van der Waals surface area contributed by atoms with Crippen LogP contribution in [0.1, 0.15) is 0 Å². The molecule has 61 valence electrons. The lowest BCUT2D eigenvalue weighted by molar-refractivity contribution is 1.35. The zero-order valence-electron chi connectivity index (χ0n) is 6.90. The van der Waals surface area contributed by atoms with Crippen LogP contribution in [0.25, 0.3) is 10.8 Å². The van der Waals surface area contributed by atoms with Gasteiger partial charge in [-0.2, -0.15) is 0 Å². The van der Waals surface area contributed by atoms with Gasteiger partial charge in [0.25, 0.3) is 11.2 Å². The minimum atomic E-state index is 1.13. The van der Waals surface area contributed by atoms with E-state index in [4.69, 9.17) is 0 Å². The maximum atomic E-state index is 4.37. The molecule has 0 unspecified atom stereocenters. The van der Waals surface area contributed by atoms with Gasteiger partial charge in [0.05, 0.1) is 15.3 Å². The van der Waals surface area contributed by atoms with Gasteiger partial charge in [-0.05, 0) is 29.3 Å². The summed E-state index contributed by atoms with van der Waals surface area (Å²) >= 11 is 1.69. The quantitative estimate of drug-likeness (QED) is 0.615. The number of benzene rings is 2. The van der Waals surface area contributed by atoms with Crippen LogP contribution in [0.15, 0.2) is 41.3 Å². The molecule has 0 bridgehead atoms. The number of hydrogen-bond donors (Lipinski definition) is 0. The van der Waals surface area contributed by atoms with Gasteiger partial charge in [0.2, 0.25) is 0 Å². The van der Waals surface area contributed by atoms with Crippen LogP contribution in [0.3, 0.4) is 0 Å². The predicted molar refractivity (Wildman–Crippen MR) is 57.7 cm³/mol. The van der Waals surface area contributed by atoms with Gasteiger partial charge < -0.3 is 0 Å². The molecule has 1 nitrogen and oxygen atoms in total. The Bertz CT molecular complexity index is 502. The minimum Gasteiger partial charge on any atom is -0.0616 e. The van der Waals surface area contributed by atoms with E-state index in [1.54, 1.807) is 11.8 Å². The Kier molecular flexibility index (Phi) is 1.43. The number of nitrogens with zero attached hydrogens (tertiary/aromatic N) is 1. The van der Waals surface area contributed by atoms with Crippen molar-refractivity contribution in [2.45, 2.75) is 4.90 Å². The Labute approximate surface area is 80.5 Å². The van der Waals surface area contributed by atoms with E-state index in [9.17, 15) is 0 Å². The van der Waals surface area contributed by atoms with Crippen molar-refractivity contribution in [2.24, 2.45) is 0 Å². The van der Waals surface area contributed by atoms with Crippen LogP contribution >= 0.6 is 11.8 Å². The van der Waals surface area contributed by atoms with Crippen LogP contribution in [0, 0.1) is 0 Å². The van der Waals surface area contributed by atoms with Crippen LogP contribution in [0.4, 0.5) is 5.69 Å². The molecular weight excluding hydrogens is 178 g/mol. The van der Waals surface area contributed by atoms with E-state index in [0.717, 1.165) is 5.69 Å². The summed E-state index contributed by atoms with van der Waals surface area (Å²) in [6.45, 7) is 0. The molecule has 3 rings (SSSR count). The SMILES string of the molecule is C1=[N+]c2c(ccc3ccccc23)S1. The zero-order valence-corrected chi connectivity index (χ0v) is 7.71. The van der Waals surface area contributed by atoms with Crippen molar-refractivity contribution < 1.29 is 0 Å². The molecule has 0 atom stereocenters. The third-order valence-corrected chi connectivity index (χ3v) is 3.02. The maximum absolute atomic E-state index is 4.37. The highest BCUT2D eigenvalue weighted by Crippen LogP contribution is 2.35. The first-order chi connectivity index (χ1) is 6.45. The number of aliphatic imine (C=N–C) groups is 1. The summed E-state index contributed by atoms with van der Waals surface area (Å²) in [5.41, 5.74) is 3.03. The fourth-order valence-electron chi connectivity index (χ4n) is 1.60. The number of rotatable bonds is 0. The van der Waals surface area contributed by atoms with E-state index < -0.39 is 0 Å². The highest BCUT2D eigenvalue weighted by molar-refractivity contribution is 8.12. The van der Waals surface area contributed by atoms with E-state index in [1.165, 1.54) is 15.7 Å². The van der Waals surface area contributed by atoms with E-state index in [2.05, 4.69) is 41.4 Å². The fourth-order valence-corrected chi connectivity index (χ4v) is 2.29. The summed E-state index contributed by atoms with van der Waals surface area (Å²) in [7, 11) is 0. The molecule has 1 heterocycles. The Balaban J connectivity index is 2.49. The molecule has 1 radical (unpaired) electrons. The van der Waals surface area contributed by atoms with E-state index in [-0.39, 0.29) is 0 Å². The van der Waals surface area contributed by atoms with Gasteiger partial charge in [0.15, 0.2) is 0 Å². The molecule has 0 aliphatic carbocycles. The van der Waals surface area contributed by atoms with Crippen molar-refractivity contribution in [1.82, 2.24) is 4.99 Å². The molecular formula is C11H7NS+. The van der Waals surface area contributed by atoms with Crippen molar-refractivity contribution in [1.29, 1.82) is 0 Å². The summed E-state index contributed by atoms with van der Waals surface area (Å²) in [4.78, 5) is 5.63. The molecule has 1 aliphatic rings. The van der Waals surface area contributed by atoms with E-state index in [1.807, 2.05) is 5.55 Å². The van der Waals surface area contributed by atoms with Crippen LogP contribution in [-0.2, 0) is 0 Å². The van der Waals surface area contributed by atoms with E-state index >= 15 is 0 Å². The summed E-state index contributed by atoms with van der Waals surface area (Å²) < 4.78 is 0. The molecule has 0 aromatic heterocycles. The Hall–Kier alpha value is -1.28. The van der Waals surface area contributed by atoms with Crippen molar-refractivity contribution in [3.05, 3.63) is 36.4 Å². The number of thioether (sulfide) groups is 1. The molecule has 0 spiro atoms. The first kappa shape index (κ1) is 7.15. The molecule has 0 saturated heterocycles. The molecule has 0 N–H and O–H groups in total. The molecule has 13 heavy (non-hydrogen) atoms. The number of hydrogen-bond acceptors (Lipinski definition) is 2. The average Bonchev–Trinajstić information content (AvgIpc) is 2.65. The smallest absolute Gasteiger partial charge is 0.0616 e. The topological polar surface area (TPSA) is 14.1 Å². The van der Waals surface area contributed by atoms with Gasteiger partial charge in [0.1, 0.15) is 0 Å². The third kappa shape index (κ3) is 0.988. The largest absolute Gasteiger partial charge is 0.299 e. The lowest BCUT2D eigenvalue weighted by atomic mass is 10.1. The Morgan fingerprint density at radius 2 is 1.92 bits per heavy atom. The molecule has 2 heteroatoms. The summed E-state index contributed by atoms with van der Waals surface area (Å²) in [5, 5.41) is 2.52. The van der Waals surface area contributed by atoms with Crippen molar-refractivity contribution >= 4 is 33.8 Å². The van der Waals surface area contributed by atoms with Crippen LogP contribution in [0.2, 0.25) is 0 Å². The average molecular weight is 185 g/mol. The highest BCUT2D eigenvalue weighted by atomic mass is 32.2. The van der Waals surface area contributed by atoms with Gasteiger partial charge in [0, 0.05) is 0 Å². The fraction of sp³-hybridized carbons (Fsp3) is 0. The van der Waals surface area contributed by atoms with Crippen LogP contribution < -0.4 is 4.99 Å². The van der Waals surface area contributed by atoms with Crippen molar-refractivity contribution in [2.75, 3.05) is 0 Å².